The molecule has 0 saturated heterocycles. The predicted molar refractivity (Wildman–Crippen MR) is 196 cm³/mol. The van der Waals surface area contributed by atoms with E-state index >= 15 is 0 Å². The van der Waals surface area contributed by atoms with Crippen molar-refractivity contribution in [2.45, 2.75) is 0 Å². The topological polar surface area (TPSA) is 29.5 Å². The highest BCUT2D eigenvalue weighted by atomic mass is 16.3. The Labute approximate surface area is 270 Å². The Morgan fingerprint density at radius 3 is 1.83 bits per heavy atom. The number of benzene rings is 8. The molecular formula is C44H27NO2. The highest BCUT2D eigenvalue weighted by Crippen LogP contribution is 2.43. The van der Waals surface area contributed by atoms with Gasteiger partial charge in [0, 0.05) is 50.1 Å². The molecule has 0 unspecified atom stereocenters. The minimum absolute atomic E-state index is 0.866. The van der Waals surface area contributed by atoms with E-state index in [-0.39, 0.29) is 0 Å². The van der Waals surface area contributed by atoms with Crippen LogP contribution in [-0.2, 0) is 0 Å². The number of hydrogen-bond donors (Lipinski definition) is 0. The molecular weight excluding hydrogens is 574 g/mol. The Balaban J connectivity index is 1.25. The van der Waals surface area contributed by atoms with Crippen molar-refractivity contribution < 1.29 is 8.83 Å². The smallest absolute Gasteiger partial charge is 0.137 e. The minimum atomic E-state index is 0.866. The maximum absolute atomic E-state index is 6.38. The summed E-state index contributed by atoms with van der Waals surface area (Å²) in [6.07, 6.45) is 0. The standard InChI is InChI=1S/C44H27NO2/c1-2-9-28(10-3-1)31-11-8-12-32(25-31)45(34-22-23-36-35-13-4-6-15-39(35)47-42(36)27-34)33-21-19-29-17-18-30-20-24-41-44(43(30)38(29)26-33)37-14-5-7-16-40(37)46-41/h1-27H. The first-order valence-corrected chi connectivity index (χ1v) is 15.9. The van der Waals surface area contributed by atoms with E-state index in [1.807, 2.05) is 24.3 Å². The van der Waals surface area contributed by atoms with Gasteiger partial charge in [-0.25, -0.2) is 0 Å². The van der Waals surface area contributed by atoms with E-state index in [1.54, 1.807) is 0 Å². The van der Waals surface area contributed by atoms with Crippen molar-refractivity contribution in [1.82, 2.24) is 0 Å². The number of furan rings is 2. The summed E-state index contributed by atoms with van der Waals surface area (Å²) in [5.41, 5.74) is 9.07. The van der Waals surface area contributed by atoms with Crippen LogP contribution >= 0.6 is 0 Å². The van der Waals surface area contributed by atoms with Gasteiger partial charge in [0.25, 0.3) is 0 Å². The van der Waals surface area contributed by atoms with E-state index in [2.05, 4.69) is 144 Å². The quantitative estimate of drug-likeness (QED) is 0.188. The SMILES string of the molecule is c1ccc(-c2cccc(N(c3ccc4c(c3)oc3ccccc34)c3ccc4ccc5ccc6oc7ccccc7c6c5c4c3)c2)cc1. The zero-order chi connectivity index (χ0) is 30.9. The molecule has 0 saturated carbocycles. The van der Waals surface area contributed by atoms with E-state index in [9.17, 15) is 0 Å². The molecule has 0 radical (unpaired) electrons. The van der Waals surface area contributed by atoms with Crippen molar-refractivity contribution in [3.8, 4) is 11.1 Å². The largest absolute Gasteiger partial charge is 0.456 e. The van der Waals surface area contributed by atoms with E-state index in [0.717, 1.165) is 66.5 Å². The Bertz CT molecular complexity index is 2810. The molecule has 220 valence electrons. The van der Waals surface area contributed by atoms with E-state index in [0.29, 0.717) is 0 Å². The van der Waals surface area contributed by atoms with Gasteiger partial charge in [0.2, 0.25) is 0 Å². The Kier molecular flexibility index (Phi) is 5.57. The number of nitrogens with zero attached hydrogens (tertiary/aromatic N) is 1. The van der Waals surface area contributed by atoms with Crippen LogP contribution in [0.15, 0.2) is 173 Å². The van der Waals surface area contributed by atoms with Gasteiger partial charge in [-0.3, -0.25) is 0 Å². The Hall–Kier alpha value is -6.32. The molecule has 2 heterocycles. The van der Waals surface area contributed by atoms with Gasteiger partial charge in [-0.2, -0.15) is 0 Å². The number of hydrogen-bond acceptors (Lipinski definition) is 3. The summed E-state index contributed by atoms with van der Waals surface area (Å²) in [6.45, 7) is 0. The Morgan fingerprint density at radius 2 is 0.936 bits per heavy atom. The van der Waals surface area contributed by atoms with Crippen LogP contribution in [0.2, 0.25) is 0 Å². The summed E-state index contributed by atoms with van der Waals surface area (Å²) < 4.78 is 12.7. The molecule has 10 aromatic rings. The third-order valence-corrected chi connectivity index (χ3v) is 9.41. The monoisotopic (exact) mass is 601 g/mol. The lowest BCUT2D eigenvalue weighted by Gasteiger charge is -2.26. The van der Waals surface area contributed by atoms with Crippen molar-refractivity contribution in [3.63, 3.8) is 0 Å². The molecule has 0 amide bonds. The van der Waals surface area contributed by atoms with Crippen molar-refractivity contribution in [3.05, 3.63) is 164 Å². The first kappa shape index (κ1) is 26.0. The number of rotatable bonds is 4. The number of anilines is 3. The molecule has 0 spiro atoms. The van der Waals surface area contributed by atoms with Gasteiger partial charge in [0.05, 0.1) is 0 Å². The molecule has 3 heteroatoms. The van der Waals surface area contributed by atoms with Gasteiger partial charge >= 0.3 is 0 Å². The number of para-hydroxylation sites is 2. The van der Waals surface area contributed by atoms with Crippen LogP contribution < -0.4 is 4.90 Å². The van der Waals surface area contributed by atoms with Gasteiger partial charge in [0.1, 0.15) is 22.3 Å². The average molecular weight is 602 g/mol. The first-order valence-electron chi connectivity index (χ1n) is 15.9. The molecule has 2 aromatic heterocycles. The molecule has 0 atom stereocenters. The number of fused-ring (bicyclic) bond motifs is 10. The zero-order valence-corrected chi connectivity index (χ0v) is 25.4. The summed E-state index contributed by atoms with van der Waals surface area (Å²) in [7, 11) is 0. The van der Waals surface area contributed by atoms with Gasteiger partial charge in [0.15, 0.2) is 0 Å². The zero-order valence-electron chi connectivity index (χ0n) is 25.4. The highest BCUT2D eigenvalue weighted by molar-refractivity contribution is 6.27. The lowest BCUT2D eigenvalue weighted by molar-refractivity contribution is 0.668. The summed E-state index contributed by atoms with van der Waals surface area (Å²) >= 11 is 0. The molecule has 10 rings (SSSR count). The molecule has 47 heavy (non-hydrogen) atoms. The van der Waals surface area contributed by atoms with Crippen LogP contribution in [0.25, 0.3) is 76.5 Å². The predicted octanol–water partition coefficient (Wildman–Crippen LogP) is 12.9. The lowest BCUT2D eigenvalue weighted by Crippen LogP contribution is -2.10. The Morgan fingerprint density at radius 1 is 0.319 bits per heavy atom. The molecule has 8 aromatic carbocycles. The van der Waals surface area contributed by atoms with Gasteiger partial charge in [-0.15, -0.1) is 0 Å². The lowest BCUT2D eigenvalue weighted by atomic mass is 9.96. The van der Waals surface area contributed by atoms with Crippen molar-refractivity contribution in [2.75, 3.05) is 4.90 Å². The van der Waals surface area contributed by atoms with Crippen molar-refractivity contribution in [1.29, 1.82) is 0 Å². The van der Waals surface area contributed by atoms with Crippen LogP contribution in [-0.4, -0.2) is 0 Å². The fourth-order valence-corrected chi connectivity index (χ4v) is 7.24. The first-order chi connectivity index (χ1) is 23.3. The van der Waals surface area contributed by atoms with E-state index in [1.165, 1.54) is 27.1 Å². The van der Waals surface area contributed by atoms with Gasteiger partial charge in [-0.1, -0.05) is 103 Å². The normalized spacial score (nSPS) is 11.8. The van der Waals surface area contributed by atoms with Crippen LogP contribution in [0, 0.1) is 0 Å². The van der Waals surface area contributed by atoms with Crippen LogP contribution in [0.3, 0.4) is 0 Å². The molecule has 0 fully saturated rings. The van der Waals surface area contributed by atoms with E-state index in [4.69, 9.17) is 8.83 Å². The summed E-state index contributed by atoms with van der Waals surface area (Å²) in [4.78, 5) is 2.34. The van der Waals surface area contributed by atoms with Gasteiger partial charge in [-0.05, 0) is 81.9 Å². The molecule has 0 aliphatic carbocycles. The molecule has 0 bridgehead atoms. The maximum atomic E-state index is 6.38. The second-order valence-electron chi connectivity index (χ2n) is 12.1. The fourth-order valence-electron chi connectivity index (χ4n) is 7.24. The van der Waals surface area contributed by atoms with Gasteiger partial charge < -0.3 is 13.7 Å². The van der Waals surface area contributed by atoms with Crippen molar-refractivity contribution >= 4 is 82.5 Å². The van der Waals surface area contributed by atoms with Crippen LogP contribution in [0.5, 0.6) is 0 Å². The summed E-state index contributed by atoms with van der Waals surface area (Å²) in [5.74, 6) is 0. The van der Waals surface area contributed by atoms with Crippen LogP contribution in [0.4, 0.5) is 17.1 Å². The average Bonchev–Trinajstić information content (AvgIpc) is 3.70. The molecule has 0 aliphatic rings. The second kappa shape index (κ2) is 10.1. The summed E-state index contributed by atoms with van der Waals surface area (Å²) in [6, 6.07) is 57.9. The van der Waals surface area contributed by atoms with Crippen molar-refractivity contribution in [2.24, 2.45) is 0 Å². The second-order valence-corrected chi connectivity index (χ2v) is 12.1. The third kappa shape index (κ3) is 4.07. The molecule has 3 nitrogen and oxygen atoms in total. The molecule has 0 N–H and O–H groups in total. The highest BCUT2D eigenvalue weighted by Gasteiger charge is 2.18. The van der Waals surface area contributed by atoms with Crippen LogP contribution in [0.1, 0.15) is 0 Å². The fraction of sp³-hybridized carbons (Fsp3) is 0. The summed E-state index contributed by atoms with van der Waals surface area (Å²) in [5, 5.41) is 9.29. The third-order valence-electron chi connectivity index (χ3n) is 9.41. The minimum Gasteiger partial charge on any atom is -0.456 e. The van der Waals surface area contributed by atoms with E-state index < -0.39 is 0 Å². The maximum Gasteiger partial charge on any atom is 0.137 e. The molecule has 0 aliphatic heterocycles.